The molecular weight excluding hydrogens is 779 g/mol. The van der Waals surface area contributed by atoms with Crippen LogP contribution in [0.15, 0.2) is 86.0 Å². The van der Waals surface area contributed by atoms with E-state index in [0.717, 1.165) is 63.2 Å². The van der Waals surface area contributed by atoms with Crippen molar-refractivity contribution in [2.24, 2.45) is 0 Å². The lowest BCUT2D eigenvalue weighted by atomic mass is 10.1. The van der Waals surface area contributed by atoms with Crippen LogP contribution in [-0.4, -0.2) is 128 Å². The minimum absolute atomic E-state index is 0.0853. The third-order valence-corrected chi connectivity index (χ3v) is 9.64. The predicted octanol–water partition coefficient (Wildman–Crippen LogP) is 3.79. The number of hydrogen-bond donors (Lipinski definition) is 3. The number of halogens is 2. The van der Waals surface area contributed by atoms with Crippen LogP contribution in [0.3, 0.4) is 0 Å². The normalized spacial score (nSPS) is 17.4. The van der Waals surface area contributed by atoms with Crippen molar-refractivity contribution in [1.82, 2.24) is 49.8 Å². The number of aromatic nitrogens is 4. The average molecular weight is 835 g/mol. The van der Waals surface area contributed by atoms with Crippen LogP contribution in [0.25, 0.3) is 0 Å². The molecule has 3 N–H and O–H groups in total. The van der Waals surface area contributed by atoms with Crippen LogP contribution in [0, 0.1) is 11.6 Å². The van der Waals surface area contributed by atoms with Gasteiger partial charge in [0.05, 0.1) is 25.2 Å². The van der Waals surface area contributed by atoms with E-state index in [1.807, 2.05) is 28.2 Å². The SMILES string of the molecule is CC(C)(C)OC(=O)N1CCN2C(=O)OC(=O)[C@H]2C1.Fc1ccc(CNCCCn2ccnc2)cc1.O=C([C@H]1CNCCN1)N(CCCn1ccnc1)Cc1ccc(F)cc1. The zero-order valence-electron chi connectivity index (χ0n) is 34.5. The number of hydrogen-bond acceptors (Lipinski definition) is 11. The van der Waals surface area contributed by atoms with Gasteiger partial charge in [-0.15, -0.1) is 0 Å². The Balaban J connectivity index is 0.000000175. The Morgan fingerprint density at radius 2 is 1.53 bits per heavy atom. The zero-order valence-corrected chi connectivity index (χ0v) is 34.5. The van der Waals surface area contributed by atoms with Crippen molar-refractivity contribution in [1.29, 1.82) is 0 Å². The highest BCUT2D eigenvalue weighted by Gasteiger charge is 2.46. The van der Waals surface area contributed by atoms with Crippen molar-refractivity contribution >= 4 is 24.1 Å². The number of amides is 3. The molecule has 0 radical (unpaired) electrons. The molecule has 7 rings (SSSR count). The third kappa shape index (κ3) is 14.8. The van der Waals surface area contributed by atoms with Crippen molar-refractivity contribution in [3.05, 3.63) is 109 Å². The van der Waals surface area contributed by atoms with Gasteiger partial charge in [0.25, 0.3) is 0 Å². The van der Waals surface area contributed by atoms with Crippen molar-refractivity contribution in [3.63, 3.8) is 0 Å². The largest absolute Gasteiger partial charge is 0.444 e. The lowest BCUT2D eigenvalue weighted by Gasteiger charge is -2.35. The maximum atomic E-state index is 13.1. The monoisotopic (exact) mass is 834 g/mol. The van der Waals surface area contributed by atoms with Gasteiger partial charge < -0.3 is 44.4 Å². The molecule has 0 aliphatic carbocycles. The summed E-state index contributed by atoms with van der Waals surface area (Å²) in [6.07, 6.45) is 11.8. The van der Waals surface area contributed by atoms with E-state index >= 15 is 0 Å². The minimum Gasteiger partial charge on any atom is -0.444 e. The lowest BCUT2D eigenvalue weighted by molar-refractivity contribution is -0.136. The first-order valence-electron chi connectivity index (χ1n) is 20.2. The van der Waals surface area contributed by atoms with Crippen molar-refractivity contribution in [3.8, 4) is 0 Å². The van der Waals surface area contributed by atoms with E-state index < -0.39 is 29.8 Å². The summed E-state index contributed by atoms with van der Waals surface area (Å²) in [5.74, 6) is -0.968. The van der Waals surface area contributed by atoms with Crippen molar-refractivity contribution in [2.75, 3.05) is 52.4 Å². The molecule has 0 unspecified atom stereocenters. The molecule has 16 nitrogen and oxygen atoms in total. The van der Waals surface area contributed by atoms with Crippen molar-refractivity contribution in [2.45, 2.75) is 77.5 Å². The molecule has 3 aliphatic heterocycles. The van der Waals surface area contributed by atoms with Crippen molar-refractivity contribution < 1.29 is 37.4 Å². The minimum atomic E-state index is -0.696. The molecule has 324 valence electrons. The summed E-state index contributed by atoms with van der Waals surface area (Å²) in [7, 11) is 0. The molecule has 3 amide bonds. The summed E-state index contributed by atoms with van der Waals surface area (Å²) in [4.78, 5) is 60.0. The molecule has 4 aromatic rings. The maximum Gasteiger partial charge on any atom is 0.418 e. The number of carbonyl (C=O) groups excluding carboxylic acids is 4. The van der Waals surface area contributed by atoms with E-state index in [-0.39, 0.29) is 36.7 Å². The average Bonchev–Trinajstić information content (AvgIpc) is 4.02. The van der Waals surface area contributed by atoms with E-state index in [1.54, 1.807) is 63.8 Å². The number of esters is 1. The van der Waals surface area contributed by atoms with Gasteiger partial charge in [-0.25, -0.2) is 33.1 Å². The first kappa shape index (κ1) is 45.4. The second-order valence-corrected chi connectivity index (χ2v) is 15.5. The van der Waals surface area contributed by atoms with Gasteiger partial charge in [-0.2, -0.15) is 0 Å². The Bertz CT molecular complexity index is 1920. The van der Waals surface area contributed by atoms with Gasteiger partial charge in [0, 0.05) is 90.2 Å². The number of ether oxygens (including phenoxy) is 2. The number of imidazole rings is 2. The molecule has 0 saturated carbocycles. The first-order chi connectivity index (χ1) is 28.8. The highest BCUT2D eigenvalue weighted by atomic mass is 19.1. The predicted molar refractivity (Wildman–Crippen MR) is 218 cm³/mol. The van der Waals surface area contributed by atoms with Gasteiger partial charge >= 0.3 is 18.2 Å². The van der Waals surface area contributed by atoms with Crippen LogP contribution < -0.4 is 16.0 Å². The van der Waals surface area contributed by atoms with Gasteiger partial charge in [-0.05, 0) is 75.5 Å². The Kier molecular flexibility index (Phi) is 17.1. The first-order valence-corrected chi connectivity index (χ1v) is 20.2. The van der Waals surface area contributed by atoms with Crippen LogP contribution in [0.4, 0.5) is 18.4 Å². The number of cyclic esters (lactones) is 2. The summed E-state index contributed by atoms with van der Waals surface area (Å²) >= 11 is 0. The quantitative estimate of drug-likeness (QED) is 0.102. The Hall–Kier alpha value is -5.72. The summed E-state index contributed by atoms with van der Waals surface area (Å²) in [6.45, 7) is 13.0. The topological polar surface area (TPSA) is 168 Å². The fraction of sp³-hybridized carbons (Fsp3) is 0.476. The molecule has 60 heavy (non-hydrogen) atoms. The van der Waals surface area contributed by atoms with E-state index in [0.29, 0.717) is 26.2 Å². The summed E-state index contributed by atoms with van der Waals surface area (Å²) in [5.41, 5.74) is 1.45. The number of nitrogens with zero attached hydrogens (tertiary/aromatic N) is 7. The van der Waals surface area contributed by atoms with Gasteiger partial charge in [-0.3, -0.25) is 9.69 Å². The number of piperazine rings is 2. The molecule has 2 aromatic heterocycles. The fourth-order valence-electron chi connectivity index (χ4n) is 6.54. The molecule has 0 spiro atoms. The highest BCUT2D eigenvalue weighted by Crippen LogP contribution is 2.21. The second-order valence-electron chi connectivity index (χ2n) is 15.5. The van der Waals surface area contributed by atoms with E-state index in [4.69, 9.17) is 4.74 Å². The number of rotatable bonds is 13. The van der Waals surface area contributed by atoms with E-state index in [1.165, 1.54) is 34.1 Å². The second kappa shape index (κ2) is 22.6. The molecule has 0 bridgehead atoms. The molecule has 2 atom stereocenters. The molecule has 3 fully saturated rings. The Labute approximate surface area is 349 Å². The fourth-order valence-corrected chi connectivity index (χ4v) is 6.54. The lowest BCUT2D eigenvalue weighted by Crippen LogP contribution is -2.56. The highest BCUT2D eigenvalue weighted by molar-refractivity contribution is 5.96. The number of nitrogens with one attached hydrogen (secondary N) is 3. The zero-order chi connectivity index (χ0) is 42.9. The van der Waals surface area contributed by atoms with Gasteiger partial charge in [0.15, 0.2) is 6.04 Å². The van der Waals surface area contributed by atoms with Crippen LogP contribution in [0.1, 0.15) is 44.7 Å². The summed E-state index contributed by atoms with van der Waals surface area (Å²) in [5, 5.41) is 9.85. The van der Waals surface area contributed by atoms with Crippen LogP contribution >= 0.6 is 0 Å². The van der Waals surface area contributed by atoms with Crippen LogP contribution in [-0.2, 0) is 45.2 Å². The van der Waals surface area contributed by atoms with Gasteiger partial charge in [0.2, 0.25) is 5.91 Å². The van der Waals surface area contributed by atoms with Gasteiger partial charge in [-0.1, -0.05) is 24.3 Å². The van der Waals surface area contributed by atoms with Gasteiger partial charge in [0.1, 0.15) is 17.2 Å². The smallest absolute Gasteiger partial charge is 0.418 e. The summed E-state index contributed by atoms with van der Waals surface area (Å²) < 4.78 is 39.6. The Morgan fingerprint density at radius 1 is 0.900 bits per heavy atom. The molecule has 18 heteroatoms. The third-order valence-electron chi connectivity index (χ3n) is 9.64. The molecular formula is C42H56F2N10O6. The summed E-state index contributed by atoms with van der Waals surface area (Å²) in [6, 6.07) is 12.0. The molecule has 5 heterocycles. The standard InChI is InChI=1S/C18H24FN5O.C13H16FN3.C11H16N2O5/c19-16-4-2-15(3-5-16)13-24(10-1-9-23-11-8-21-14-23)18(25)17-12-20-6-7-22-17;14-13-4-2-12(3-5-13)10-15-6-1-8-17-9-7-16-11-17;1-11(2,3)18-9(15)12-4-5-13-7(6-12)8(14)17-10(13)16/h2-5,8,11,14,17,20,22H,1,6-7,9-10,12-13H2;2-5,7,9,11,15H,1,6,8,10H2;7H,4-6H2,1-3H3/t17-;;7-/m1.1/s1. The Morgan fingerprint density at radius 3 is 2.12 bits per heavy atom. The number of fused-ring (bicyclic) bond motifs is 1. The molecule has 3 saturated heterocycles. The van der Waals surface area contributed by atoms with Crippen LogP contribution in [0.5, 0.6) is 0 Å². The molecule has 2 aromatic carbocycles. The number of aryl methyl sites for hydroxylation is 2. The molecule has 3 aliphatic rings. The number of carbonyl (C=O) groups is 4. The number of benzene rings is 2. The maximum absolute atomic E-state index is 13.1. The van der Waals surface area contributed by atoms with E-state index in [9.17, 15) is 28.0 Å². The van der Waals surface area contributed by atoms with Crippen LogP contribution in [0.2, 0.25) is 0 Å². The van der Waals surface area contributed by atoms with E-state index in [2.05, 4.69) is 35.2 Å².